The van der Waals surface area contributed by atoms with E-state index in [1.807, 2.05) is 13.8 Å². The second-order valence-corrected chi connectivity index (χ2v) is 7.96. The first-order chi connectivity index (χ1) is 10.2. The van der Waals surface area contributed by atoms with Gasteiger partial charge in [0.2, 0.25) is 15.9 Å². The molecular formula is C14H17N3O3S2. The Hall–Kier alpha value is -1.93. The molecule has 2 aromatic rings. The summed E-state index contributed by atoms with van der Waals surface area (Å²) < 4.78 is 24.8. The van der Waals surface area contributed by atoms with Crippen LogP contribution in [0.5, 0.6) is 0 Å². The van der Waals surface area contributed by atoms with Crippen molar-refractivity contribution < 1.29 is 13.2 Å². The van der Waals surface area contributed by atoms with E-state index in [1.54, 1.807) is 24.3 Å². The number of rotatable bonds is 5. The van der Waals surface area contributed by atoms with Gasteiger partial charge >= 0.3 is 0 Å². The molecule has 0 saturated carbocycles. The van der Waals surface area contributed by atoms with Gasteiger partial charge in [-0.2, -0.15) is 0 Å². The molecule has 8 heteroatoms. The van der Waals surface area contributed by atoms with Crippen LogP contribution in [0.1, 0.15) is 15.6 Å². The number of sulfonamides is 1. The van der Waals surface area contributed by atoms with Gasteiger partial charge in [0.15, 0.2) is 0 Å². The summed E-state index contributed by atoms with van der Waals surface area (Å²) in [4.78, 5) is 17.3. The van der Waals surface area contributed by atoms with Crippen molar-refractivity contribution in [1.82, 2.24) is 4.98 Å². The topological polar surface area (TPSA) is 88.2 Å². The van der Waals surface area contributed by atoms with Crippen LogP contribution in [0, 0.1) is 13.8 Å². The molecule has 0 aliphatic carbocycles. The number of thiazole rings is 1. The minimum absolute atomic E-state index is 0.164. The Morgan fingerprint density at radius 2 is 1.95 bits per heavy atom. The molecule has 1 amide bonds. The molecule has 0 atom stereocenters. The van der Waals surface area contributed by atoms with E-state index in [9.17, 15) is 13.2 Å². The van der Waals surface area contributed by atoms with E-state index in [0.29, 0.717) is 11.4 Å². The first-order valence-electron chi connectivity index (χ1n) is 6.53. The van der Waals surface area contributed by atoms with Crippen LogP contribution in [0.15, 0.2) is 24.3 Å². The van der Waals surface area contributed by atoms with E-state index < -0.39 is 10.0 Å². The van der Waals surface area contributed by atoms with Crippen molar-refractivity contribution in [3.8, 4) is 0 Å². The minimum atomic E-state index is -3.34. The zero-order valence-electron chi connectivity index (χ0n) is 12.5. The van der Waals surface area contributed by atoms with Crippen molar-refractivity contribution >= 4 is 38.6 Å². The standard InChI is InChI=1S/C14H17N3O3S2/c1-9-13(21-10(2)15-9)8-14(18)16-11-5-4-6-12(7-11)17-22(3,19)20/h4-7,17H,8H2,1-3H3,(H,16,18). The first-order valence-corrected chi connectivity index (χ1v) is 9.24. The van der Waals surface area contributed by atoms with Crippen molar-refractivity contribution in [2.24, 2.45) is 0 Å². The lowest BCUT2D eigenvalue weighted by molar-refractivity contribution is -0.115. The fourth-order valence-electron chi connectivity index (χ4n) is 1.96. The van der Waals surface area contributed by atoms with Gasteiger partial charge in [0.25, 0.3) is 0 Å². The monoisotopic (exact) mass is 339 g/mol. The summed E-state index contributed by atoms with van der Waals surface area (Å²) >= 11 is 1.50. The fourth-order valence-corrected chi connectivity index (χ4v) is 3.45. The highest BCUT2D eigenvalue weighted by molar-refractivity contribution is 7.92. The average molecular weight is 339 g/mol. The summed E-state index contributed by atoms with van der Waals surface area (Å²) in [6, 6.07) is 6.57. The van der Waals surface area contributed by atoms with E-state index in [1.165, 1.54) is 11.3 Å². The van der Waals surface area contributed by atoms with Gasteiger partial charge < -0.3 is 5.32 Å². The quantitative estimate of drug-likeness (QED) is 0.875. The molecule has 6 nitrogen and oxygen atoms in total. The number of carbonyl (C=O) groups excluding carboxylic acids is 1. The Balaban J connectivity index is 2.05. The molecule has 118 valence electrons. The summed E-state index contributed by atoms with van der Waals surface area (Å²) in [5.74, 6) is -0.164. The highest BCUT2D eigenvalue weighted by atomic mass is 32.2. The number of hydrogen-bond donors (Lipinski definition) is 2. The summed E-state index contributed by atoms with van der Waals surface area (Å²) in [7, 11) is -3.34. The number of aromatic nitrogens is 1. The van der Waals surface area contributed by atoms with E-state index >= 15 is 0 Å². The number of carbonyl (C=O) groups is 1. The Kier molecular flexibility index (Phi) is 4.82. The largest absolute Gasteiger partial charge is 0.326 e. The molecule has 0 fully saturated rings. The third kappa shape index (κ3) is 4.81. The van der Waals surface area contributed by atoms with Crippen molar-refractivity contribution in [3.05, 3.63) is 39.8 Å². The molecule has 22 heavy (non-hydrogen) atoms. The van der Waals surface area contributed by atoms with Gasteiger partial charge in [-0.3, -0.25) is 9.52 Å². The Morgan fingerprint density at radius 3 is 2.55 bits per heavy atom. The zero-order valence-corrected chi connectivity index (χ0v) is 14.1. The number of benzene rings is 1. The summed E-state index contributed by atoms with van der Waals surface area (Å²) in [5, 5.41) is 3.69. The van der Waals surface area contributed by atoms with Crippen molar-refractivity contribution in [2.75, 3.05) is 16.3 Å². The first kappa shape index (κ1) is 16.4. The van der Waals surface area contributed by atoms with Gasteiger partial charge in [-0.1, -0.05) is 6.07 Å². The molecule has 0 spiro atoms. The molecule has 2 rings (SSSR count). The van der Waals surface area contributed by atoms with Crippen molar-refractivity contribution in [2.45, 2.75) is 20.3 Å². The molecule has 0 unspecified atom stereocenters. The second kappa shape index (κ2) is 6.45. The maximum absolute atomic E-state index is 12.1. The SMILES string of the molecule is Cc1nc(C)c(CC(=O)Nc2cccc(NS(C)(=O)=O)c2)s1. The van der Waals surface area contributed by atoms with Gasteiger partial charge in [0, 0.05) is 10.6 Å². The highest BCUT2D eigenvalue weighted by Gasteiger charge is 2.11. The molecule has 1 aromatic heterocycles. The highest BCUT2D eigenvalue weighted by Crippen LogP contribution is 2.19. The summed E-state index contributed by atoms with van der Waals surface area (Å²) in [5.41, 5.74) is 1.81. The van der Waals surface area contributed by atoms with Crippen LogP contribution >= 0.6 is 11.3 Å². The predicted molar refractivity (Wildman–Crippen MR) is 88.8 cm³/mol. The normalized spacial score (nSPS) is 11.2. The lowest BCUT2D eigenvalue weighted by Gasteiger charge is -2.08. The molecule has 0 radical (unpaired) electrons. The predicted octanol–water partition coefficient (Wildman–Crippen LogP) is 2.31. The fraction of sp³-hybridized carbons (Fsp3) is 0.286. The number of aryl methyl sites for hydroxylation is 2. The lowest BCUT2D eigenvalue weighted by atomic mass is 10.2. The van der Waals surface area contributed by atoms with Gasteiger partial charge in [0.05, 0.1) is 29.1 Å². The maximum Gasteiger partial charge on any atom is 0.229 e. The van der Waals surface area contributed by atoms with Crippen LogP contribution in [0.2, 0.25) is 0 Å². The minimum Gasteiger partial charge on any atom is -0.326 e. The molecule has 0 saturated heterocycles. The molecule has 2 N–H and O–H groups in total. The molecular weight excluding hydrogens is 322 g/mol. The number of anilines is 2. The third-order valence-electron chi connectivity index (χ3n) is 2.77. The van der Waals surface area contributed by atoms with Gasteiger partial charge in [0.1, 0.15) is 0 Å². The van der Waals surface area contributed by atoms with Gasteiger partial charge in [-0.15, -0.1) is 11.3 Å². The maximum atomic E-state index is 12.1. The zero-order chi connectivity index (χ0) is 16.3. The van der Waals surface area contributed by atoms with Crippen LogP contribution in [-0.2, 0) is 21.2 Å². The Bertz CT molecular complexity index is 797. The van der Waals surface area contributed by atoms with E-state index in [2.05, 4.69) is 15.0 Å². The average Bonchev–Trinajstić information content (AvgIpc) is 2.65. The molecule has 0 aliphatic heterocycles. The molecule has 1 heterocycles. The van der Waals surface area contributed by atoms with Crippen molar-refractivity contribution in [3.63, 3.8) is 0 Å². The smallest absolute Gasteiger partial charge is 0.229 e. The number of hydrogen-bond acceptors (Lipinski definition) is 5. The van der Waals surface area contributed by atoms with E-state index in [0.717, 1.165) is 21.8 Å². The summed E-state index contributed by atoms with van der Waals surface area (Å²) in [6.45, 7) is 3.78. The van der Waals surface area contributed by atoms with Crippen LogP contribution in [0.25, 0.3) is 0 Å². The van der Waals surface area contributed by atoms with Gasteiger partial charge in [-0.05, 0) is 32.0 Å². The van der Waals surface area contributed by atoms with E-state index in [-0.39, 0.29) is 12.3 Å². The summed E-state index contributed by atoms with van der Waals surface area (Å²) in [6.07, 6.45) is 1.33. The van der Waals surface area contributed by atoms with Gasteiger partial charge in [-0.25, -0.2) is 13.4 Å². The molecule has 0 bridgehead atoms. The Morgan fingerprint density at radius 1 is 1.27 bits per heavy atom. The van der Waals surface area contributed by atoms with Crippen LogP contribution in [0.4, 0.5) is 11.4 Å². The lowest BCUT2D eigenvalue weighted by Crippen LogP contribution is -2.15. The Labute approximate surface area is 133 Å². The van der Waals surface area contributed by atoms with E-state index in [4.69, 9.17) is 0 Å². The number of nitrogens with zero attached hydrogens (tertiary/aromatic N) is 1. The third-order valence-corrected chi connectivity index (χ3v) is 4.45. The van der Waals surface area contributed by atoms with Crippen LogP contribution in [-0.4, -0.2) is 25.6 Å². The van der Waals surface area contributed by atoms with Crippen LogP contribution < -0.4 is 10.0 Å². The molecule has 0 aliphatic rings. The second-order valence-electron chi connectivity index (χ2n) is 4.92. The van der Waals surface area contributed by atoms with Crippen molar-refractivity contribution in [1.29, 1.82) is 0 Å². The number of nitrogens with one attached hydrogen (secondary N) is 2. The molecule has 1 aromatic carbocycles. The number of amides is 1. The van der Waals surface area contributed by atoms with Crippen LogP contribution in [0.3, 0.4) is 0 Å².